The monoisotopic (exact) mass is 447 g/mol. The molecule has 0 bridgehead atoms. The molecule has 1 aliphatic heterocycles. The normalized spacial score (nSPS) is 15.2. The SMILES string of the molecule is COc1cc([C@H]2c3c(oc4ccc(Cl)cc4c3=O)C(=O)N2Cc2ccccc2)ccc1O. The smallest absolute Gasteiger partial charge is 0.291 e. The van der Waals surface area contributed by atoms with Gasteiger partial charge in [-0.15, -0.1) is 0 Å². The zero-order valence-corrected chi connectivity index (χ0v) is 17.8. The van der Waals surface area contributed by atoms with Gasteiger partial charge in [0.1, 0.15) is 5.58 Å². The Bertz CT molecular complexity index is 1410. The van der Waals surface area contributed by atoms with Crippen LogP contribution in [0.1, 0.15) is 33.3 Å². The number of benzene rings is 3. The molecule has 3 aromatic carbocycles. The summed E-state index contributed by atoms with van der Waals surface area (Å²) in [5.74, 6) is -0.156. The number of hydrogen-bond donors (Lipinski definition) is 1. The Hall–Kier alpha value is -3.77. The minimum Gasteiger partial charge on any atom is -0.504 e. The Morgan fingerprint density at radius 3 is 2.59 bits per heavy atom. The highest BCUT2D eigenvalue weighted by atomic mass is 35.5. The first-order valence-electron chi connectivity index (χ1n) is 9.96. The van der Waals surface area contributed by atoms with E-state index in [4.69, 9.17) is 20.8 Å². The summed E-state index contributed by atoms with van der Waals surface area (Å²) in [6, 6.07) is 18.3. The van der Waals surface area contributed by atoms with Gasteiger partial charge in [0.2, 0.25) is 5.76 Å². The molecule has 1 aliphatic rings. The molecule has 7 heteroatoms. The van der Waals surface area contributed by atoms with E-state index in [-0.39, 0.29) is 40.7 Å². The second-order valence-electron chi connectivity index (χ2n) is 7.57. The topological polar surface area (TPSA) is 80.0 Å². The highest BCUT2D eigenvalue weighted by Gasteiger charge is 2.43. The Labute approximate surface area is 188 Å². The van der Waals surface area contributed by atoms with E-state index in [2.05, 4.69) is 0 Å². The molecule has 32 heavy (non-hydrogen) atoms. The molecule has 0 saturated heterocycles. The molecule has 0 radical (unpaired) electrons. The van der Waals surface area contributed by atoms with Crippen molar-refractivity contribution in [2.24, 2.45) is 0 Å². The van der Waals surface area contributed by atoms with Crippen LogP contribution < -0.4 is 10.2 Å². The van der Waals surface area contributed by atoms with Gasteiger partial charge in [-0.3, -0.25) is 9.59 Å². The number of methoxy groups -OCH3 is 1. The molecule has 4 aromatic rings. The maximum atomic E-state index is 13.5. The first-order valence-corrected chi connectivity index (χ1v) is 10.3. The number of hydrogen-bond acceptors (Lipinski definition) is 5. The second kappa shape index (κ2) is 7.73. The van der Waals surface area contributed by atoms with Crippen LogP contribution in [0.15, 0.2) is 75.9 Å². The maximum absolute atomic E-state index is 13.5. The summed E-state index contributed by atoms with van der Waals surface area (Å²) in [5, 5.41) is 10.8. The summed E-state index contributed by atoms with van der Waals surface area (Å²) < 4.78 is 11.2. The van der Waals surface area contributed by atoms with Crippen molar-refractivity contribution in [3.05, 3.63) is 104 Å². The highest BCUT2D eigenvalue weighted by molar-refractivity contribution is 6.31. The van der Waals surface area contributed by atoms with Crippen molar-refractivity contribution >= 4 is 28.5 Å². The summed E-state index contributed by atoms with van der Waals surface area (Å²) in [6.07, 6.45) is 0. The summed E-state index contributed by atoms with van der Waals surface area (Å²) >= 11 is 6.11. The largest absolute Gasteiger partial charge is 0.504 e. The summed E-state index contributed by atoms with van der Waals surface area (Å²) in [5.41, 5.74) is 1.76. The van der Waals surface area contributed by atoms with Crippen molar-refractivity contribution in [3.8, 4) is 11.5 Å². The molecule has 2 heterocycles. The van der Waals surface area contributed by atoms with Gasteiger partial charge in [-0.25, -0.2) is 0 Å². The molecule has 1 N–H and O–H groups in total. The summed E-state index contributed by atoms with van der Waals surface area (Å²) in [6.45, 7) is 0.272. The van der Waals surface area contributed by atoms with E-state index in [1.54, 1.807) is 35.2 Å². The molecule has 1 aromatic heterocycles. The molecule has 160 valence electrons. The molecular weight excluding hydrogens is 430 g/mol. The van der Waals surface area contributed by atoms with Gasteiger partial charge in [0.05, 0.1) is 24.1 Å². The molecule has 1 amide bonds. The molecule has 0 spiro atoms. The average Bonchev–Trinajstić information content (AvgIpc) is 3.07. The van der Waals surface area contributed by atoms with Crippen LogP contribution in [0.3, 0.4) is 0 Å². The van der Waals surface area contributed by atoms with Gasteiger partial charge in [0.25, 0.3) is 5.91 Å². The zero-order chi connectivity index (χ0) is 22.4. The van der Waals surface area contributed by atoms with E-state index in [9.17, 15) is 14.7 Å². The fourth-order valence-corrected chi connectivity index (χ4v) is 4.32. The number of fused-ring (bicyclic) bond motifs is 2. The van der Waals surface area contributed by atoms with Crippen LogP contribution >= 0.6 is 11.6 Å². The van der Waals surface area contributed by atoms with Crippen LogP contribution in [0.2, 0.25) is 5.02 Å². The first-order chi connectivity index (χ1) is 15.5. The van der Waals surface area contributed by atoms with Crippen molar-refractivity contribution in [3.63, 3.8) is 0 Å². The molecule has 5 rings (SSSR count). The van der Waals surface area contributed by atoms with Crippen LogP contribution in [0.25, 0.3) is 11.0 Å². The van der Waals surface area contributed by atoms with Crippen LogP contribution in [-0.4, -0.2) is 23.0 Å². The molecule has 0 fully saturated rings. The fraction of sp³-hybridized carbons (Fsp3) is 0.120. The van der Waals surface area contributed by atoms with Crippen molar-refractivity contribution in [2.45, 2.75) is 12.6 Å². The van der Waals surface area contributed by atoms with Crippen molar-refractivity contribution in [1.82, 2.24) is 4.90 Å². The van der Waals surface area contributed by atoms with E-state index >= 15 is 0 Å². The summed E-state index contributed by atoms with van der Waals surface area (Å²) in [7, 11) is 1.44. The lowest BCUT2D eigenvalue weighted by Gasteiger charge is -2.25. The number of phenolic OH excluding ortho intramolecular Hbond substituents is 1. The maximum Gasteiger partial charge on any atom is 0.291 e. The number of rotatable bonds is 4. The third-order valence-electron chi connectivity index (χ3n) is 5.64. The van der Waals surface area contributed by atoms with E-state index < -0.39 is 6.04 Å². The number of amides is 1. The predicted molar refractivity (Wildman–Crippen MR) is 120 cm³/mol. The lowest BCUT2D eigenvalue weighted by molar-refractivity contribution is 0.0714. The van der Waals surface area contributed by atoms with E-state index in [1.807, 2.05) is 30.3 Å². The van der Waals surface area contributed by atoms with Gasteiger partial charge >= 0.3 is 0 Å². The lowest BCUT2D eigenvalue weighted by atomic mass is 9.97. The molecule has 1 atom stereocenters. The zero-order valence-electron chi connectivity index (χ0n) is 17.0. The fourth-order valence-electron chi connectivity index (χ4n) is 4.15. The van der Waals surface area contributed by atoms with Crippen molar-refractivity contribution in [1.29, 1.82) is 0 Å². The number of halogens is 1. The van der Waals surface area contributed by atoms with Gasteiger partial charge < -0.3 is 19.2 Å². The molecular formula is C25H18ClNO5. The number of nitrogens with zero attached hydrogens (tertiary/aromatic N) is 1. The molecule has 0 aliphatic carbocycles. The van der Waals surface area contributed by atoms with Crippen LogP contribution in [0.5, 0.6) is 11.5 Å². The van der Waals surface area contributed by atoms with Gasteiger partial charge in [-0.1, -0.05) is 48.0 Å². The van der Waals surface area contributed by atoms with E-state index in [0.29, 0.717) is 21.6 Å². The number of carbonyl (C=O) groups is 1. The van der Waals surface area contributed by atoms with Crippen LogP contribution in [-0.2, 0) is 6.54 Å². The Morgan fingerprint density at radius 2 is 1.84 bits per heavy atom. The molecule has 0 unspecified atom stereocenters. The Kier molecular flexibility index (Phi) is 4.87. The Balaban J connectivity index is 1.75. The first kappa shape index (κ1) is 20.2. The van der Waals surface area contributed by atoms with Crippen LogP contribution in [0, 0.1) is 0 Å². The van der Waals surface area contributed by atoms with Gasteiger partial charge in [-0.2, -0.15) is 0 Å². The number of aromatic hydroxyl groups is 1. The van der Waals surface area contributed by atoms with Gasteiger partial charge in [0.15, 0.2) is 16.9 Å². The van der Waals surface area contributed by atoms with Crippen LogP contribution in [0.4, 0.5) is 0 Å². The number of carbonyl (C=O) groups excluding carboxylic acids is 1. The quantitative estimate of drug-likeness (QED) is 0.481. The van der Waals surface area contributed by atoms with Gasteiger partial charge in [-0.05, 0) is 41.5 Å². The predicted octanol–water partition coefficient (Wildman–Crippen LogP) is 4.91. The van der Waals surface area contributed by atoms with Gasteiger partial charge in [0, 0.05) is 11.6 Å². The van der Waals surface area contributed by atoms with E-state index in [1.165, 1.54) is 13.2 Å². The second-order valence-corrected chi connectivity index (χ2v) is 8.00. The third kappa shape index (κ3) is 3.20. The minimum absolute atomic E-state index is 0.0118. The molecule has 0 saturated carbocycles. The number of phenols is 1. The van der Waals surface area contributed by atoms with E-state index in [0.717, 1.165) is 5.56 Å². The van der Waals surface area contributed by atoms with Crippen molar-refractivity contribution in [2.75, 3.05) is 7.11 Å². The summed E-state index contributed by atoms with van der Waals surface area (Å²) in [4.78, 5) is 28.6. The minimum atomic E-state index is -0.716. The third-order valence-corrected chi connectivity index (χ3v) is 5.88. The standard InChI is InChI=1S/C25H18ClNO5/c1-31-20-11-15(7-9-18(20)28)22-21-23(29)17-12-16(26)8-10-19(17)32-24(21)25(30)27(22)13-14-5-3-2-4-6-14/h2-12,22,28H,13H2,1H3/t22-/m0/s1. The highest BCUT2D eigenvalue weighted by Crippen LogP contribution is 2.41. The molecule has 6 nitrogen and oxygen atoms in total. The lowest BCUT2D eigenvalue weighted by Crippen LogP contribution is -2.29. The number of ether oxygens (including phenoxy) is 1. The average molecular weight is 448 g/mol. The Morgan fingerprint density at radius 1 is 1.06 bits per heavy atom. The van der Waals surface area contributed by atoms with Crippen molar-refractivity contribution < 1.29 is 19.1 Å².